The van der Waals surface area contributed by atoms with Crippen LogP contribution in [-0.2, 0) is 16.0 Å². The molecule has 1 heterocycles. The summed E-state index contributed by atoms with van der Waals surface area (Å²) in [4.78, 5) is 26.6. The Balaban J connectivity index is 1.59. The summed E-state index contributed by atoms with van der Waals surface area (Å²) in [6.07, 6.45) is 0.897. The Morgan fingerprint density at radius 1 is 1.03 bits per heavy atom. The first-order valence-electron chi connectivity index (χ1n) is 9.96. The van der Waals surface area contributed by atoms with Crippen LogP contribution in [0.1, 0.15) is 42.5 Å². The van der Waals surface area contributed by atoms with E-state index in [0.717, 1.165) is 17.7 Å². The minimum Gasteiger partial charge on any atom is -0.493 e. The Bertz CT molecular complexity index is 875. The summed E-state index contributed by atoms with van der Waals surface area (Å²) in [5, 5.41) is 5.41. The number of ether oxygens (including phenoxy) is 1. The number of nitrogens with one attached hydrogen (secondary N) is 2. The number of hydrogen-bond donors (Lipinski definition) is 2. The number of amides is 2. The molecule has 0 bridgehead atoms. The zero-order chi connectivity index (χ0) is 21.0. The standard InChI is InChI=1S/C23H29N3O3/c1-15(2)16-5-8-19(9-6-16)25-23(28)22(27)24-14-20(26(3)4)17-7-10-21-18(13-17)11-12-29-21/h5-10,13,15,20H,11-12,14H2,1-4H3,(H,24,27)(H,25,28)/t20-/m0/s1. The lowest BCUT2D eigenvalue weighted by Crippen LogP contribution is -2.40. The van der Waals surface area contributed by atoms with Crippen molar-refractivity contribution in [3.05, 3.63) is 59.2 Å². The van der Waals surface area contributed by atoms with Crippen molar-refractivity contribution in [3.63, 3.8) is 0 Å². The summed E-state index contributed by atoms with van der Waals surface area (Å²) < 4.78 is 5.56. The maximum atomic E-state index is 12.3. The zero-order valence-corrected chi connectivity index (χ0v) is 17.5. The van der Waals surface area contributed by atoms with Gasteiger partial charge in [-0.3, -0.25) is 9.59 Å². The van der Waals surface area contributed by atoms with Gasteiger partial charge in [-0.25, -0.2) is 0 Å². The summed E-state index contributed by atoms with van der Waals surface area (Å²) >= 11 is 0. The van der Waals surface area contributed by atoms with Crippen molar-refractivity contribution < 1.29 is 14.3 Å². The van der Waals surface area contributed by atoms with Gasteiger partial charge in [0.15, 0.2) is 0 Å². The average Bonchev–Trinajstić information content (AvgIpc) is 3.16. The molecule has 0 aliphatic carbocycles. The number of fused-ring (bicyclic) bond motifs is 1. The van der Waals surface area contributed by atoms with Crippen LogP contribution in [0, 0.1) is 0 Å². The Labute approximate surface area is 172 Å². The quantitative estimate of drug-likeness (QED) is 0.738. The van der Waals surface area contributed by atoms with Crippen LogP contribution >= 0.6 is 0 Å². The monoisotopic (exact) mass is 395 g/mol. The number of nitrogens with zero attached hydrogens (tertiary/aromatic N) is 1. The molecule has 0 aromatic heterocycles. The molecule has 3 rings (SSSR count). The third-order valence-electron chi connectivity index (χ3n) is 5.22. The molecule has 2 amide bonds. The van der Waals surface area contributed by atoms with Crippen LogP contribution in [0.25, 0.3) is 0 Å². The number of likely N-dealkylation sites (N-methyl/N-ethyl adjacent to an activating group) is 1. The molecule has 0 saturated heterocycles. The molecule has 0 fully saturated rings. The summed E-state index contributed by atoms with van der Waals surface area (Å²) in [6, 6.07) is 13.6. The highest BCUT2D eigenvalue weighted by atomic mass is 16.5. The van der Waals surface area contributed by atoms with E-state index in [1.165, 1.54) is 11.1 Å². The van der Waals surface area contributed by atoms with Gasteiger partial charge >= 0.3 is 11.8 Å². The number of carbonyl (C=O) groups is 2. The van der Waals surface area contributed by atoms with E-state index in [1.54, 1.807) is 0 Å². The third-order valence-corrected chi connectivity index (χ3v) is 5.22. The summed E-state index contributed by atoms with van der Waals surface area (Å²) in [6.45, 7) is 5.26. The summed E-state index contributed by atoms with van der Waals surface area (Å²) in [7, 11) is 3.91. The largest absolute Gasteiger partial charge is 0.493 e. The smallest absolute Gasteiger partial charge is 0.313 e. The van der Waals surface area contributed by atoms with Gasteiger partial charge in [0.2, 0.25) is 0 Å². The molecule has 0 saturated carbocycles. The number of anilines is 1. The summed E-state index contributed by atoms with van der Waals surface area (Å²) in [5.74, 6) is 0.0337. The Hall–Kier alpha value is -2.86. The van der Waals surface area contributed by atoms with Crippen LogP contribution in [0.2, 0.25) is 0 Å². The van der Waals surface area contributed by atoms with Crippen molar-refractivity contribution in [2.75, 3.05) is 32.6 Å². The fraction of sp³-hybridized carbons (Fsp3) is 0.391. The first kappa shape index (κ1) is 20.9. The second-order valence-electron chi connectivity index (χ2n) is 7.89. The Kier molecular flexibility index (Phi) is 6.54. The van der Waals surface area contributed by atoms with Crippen molar-refractivity contribution in [2.45, 2.75) is 32.2 Å². The molecule has 1 aliphatic heterocycles. The molecule has 6 heteroatoms. The molecule has 0 unspecified atom stereocenters. The van der Waals surface area contributed by atoms with Gasteiger partial charge in [-0.15, -0.1) is 0 Å². The normalized spacial score (nSPS) is 13.7. The number of hydrogen-bond acceptors (Lipinski definition) is 4. The van der Waals surface area contributed by atoms with Crippen molar-refractivity contribution in [1.29, 1.82) is 0 Å². The maximum Gasteiger partial charge on any atom is 0.313 e. The van der Waals surface area contributed by atoms with Crippen LogP contribution in [-0.4, -0.2) is 44.0 Å². The van der Waals surface area contributed by atoms with Crippen molar-refractivity contribution in [2.24, 2.45) is 0 Å². The Morgan fingerprint density at radius 2 is 1.72 bits per heavy atom. The maximum absolute atomic E-state index is 12.3. The van der Waals surface area contributed by atoms with E-state index in [-0.39, 0.29) is 6.04 Å². The van der Waals surface area contributed by atoms with Crippen molar-refractivity contribution in [1.82, 2.24) is 10.2 Å². The molecule has 6 nitrogen and oxygen atoms in total. The van der Waals surface area contributed by atoms with Gasteiger partial charge in [-0.1, -0.05) is 38.1 Å². The van der Waals surface area contributed by atoms with Gasteiger partial charge in [-0.05, 0) is 54.9 Å². The molecule has 2 aromatic rings. The van der Waals surface area contributed by atoms with E-state index in [2.05, 4.69) is 30.5 Å². The third kappa shape index (κ3) is 5.15. The van der Waals surface area contributed by atoms with E-state index in [9.17, 15) is 9.59 Å². The number of benzene rings is 2. The van der Waals surface area contributed by atoms with Crippen LogP contribution in [0.4, 0.5) is 5.69 Å². The highest BCUT2D eigenvalue weighted by molar-refractivity contribution is 6.39. The molecule has 1 aliphatic rings. The average molecular weight is 396 g/mol. The molecule has 1 atom stereocenters. The van der Waals surface area contributed by atoms with Gasteiger partial charge in [-0.2, -0.15) is 0 Å². The van der Waals surface area contributed by atoms with Crippen molar-refractivity contribution in [3.8, 4) is 5.75 Å². The topological polar surface area (TPSA) is 70.7 Å². The zero-order valence-electron chi connectivity index (χ0n) is 17.5. The predicted molar refractivity (Wildman–Crippen MR) is 114 cm³/mol. The SMILES string of the molecule is CC(C)c1ccc(NC(=O)C(=O)NC[C@@H](c2ccc3c(c2)CCO3)N(C)C)cc1. The molecule has 154 valence electrons. The van der Waals surface area contributed by atoms with Gasteiger partial charge in [0.1, 0.15) is 5.75 Å². The van der Waals surface area contributed by atoms with E-state index in [0.29, 0.717) is 24.8 Å². The molecule has 0 radical (unpaired) electrons. The fourth-order valence-corrected chi connectivity index (χ4v) is 3.42. The lowest BCUT2D eigenvalue weighted by atomic mass is 10.0. The first-order chi connectivity index (χ1) is 13.8. The molecular formula is C23H29N3O3. The van der Waals surface area contributed by atoms with Gasteiger partial charge in [0, 0.05) is 18.7 Å². The van der Waals surface area contributed by atoms with E-state index < -0.39 is 11.8 Å². The van der Waals surface area contributed by atoms with E-state index in [1.807, 2.05) is 55.4 Å². The highest BCUT2D eigenvalue weighted by Crippen LogP contribution is 2.29. The molecule has 2 aromatic carbocycles. The predicted octanol–water partition coefficient (Wildman–Crippen LogP) is 3.10. The van der Waals surface area contributed by atoms with Crippen molar-refractivity contribution >= 4 is 17.5 Å². The number of rotatable bonds is 6. The van der Waals surface area contributed by atoms with Gasteiger partial charge in [0.05, 0.1) is 12.6 Å². The van der Waals surface area contributed by atoms with Crippen LogP contribution in [0.5, 0.6) is 5.75 Å². The first-order valence-corrected chi connectivity index (χ1v) is 9.96. The van der Waals surface area contributed by atoms with Crippen LogP contribution in [0.3, 0.4) is 0 Å². The lowest BCUT2D eigenvalue weighted by molar-refractivity contribution is -0.136. The number of carbonyl (C=O) groups excluding carboxylic acids is 2. The minimum absolute atomic E-state index is 0.0389. The highest BCUT2D eigenvalue weighted by Gasteiger charge is 2.21. The molecular weight excluding hydrogens is 366 g/mol. The lowest BCUT2D eigenvalue weighted by Gasteiger charge is -2.25. The second-order valence-corrected chi connectivity index (χ2v) is 7.89. The second kappa shape index (κ2) is 9.09. The minimum atomic E-state index is -0.665. The molecule has 29 heavy (non-hydrogen) atoms. The molecule has 0 spiro atoms. The van der Waals surface area contributed by atoms with Crippen LogP contribution < -0.4 is 15.4 Å². The fourth-order valence-electron chi connectivity index (χ4n) is 3.42. The van der Waals surface area contributed by atoms with E-state index >= 15 is 0 Å². The summed E-state index contributed by atoms with van der Waals surface area (Å²) in [5.41, 5.74) is 4.06. The molecule has 2 N–H and O–H groups in total. The van der Waals surface area contributed by atoms with E-state index in [4.69, 9.17) is 4.74 Å². The van der Waals surface area contributed by atoms with Gasteiger partial charge < -0.3 is 20.3 Å². The van der Waals surface area contributed by atoms with Gasteiger partial charge in [0.25, 0.3) is 0 Å². The Morgan fingerprint density at radius 3 is 2.38 bits per heavy atom. The van der Waals surface area contributed by atoms with Crippen LogP contribution in [0.15, 0.2) is 42.5 Å².